The van der Waals surface area contributed by atoms with Crippen LogP contribution in [0.2, 0.25) is 0 Å². The Morgan fingerprint density at radius 3 is 1.20 bits per heavy atom. The highest BCUT2D eigenvalue weighted by molar-refractivity contribution is 6.14. The molecule has 0 aliphatic carbocycles. The van der Waals surface area contributed by atoms with Crippen molar-refractivity contribution in [1.29, 1.82) is 0 Å². The molecule has 0 aliphatic rings. The van der Waals surface area contributed by atoms with E-state index < -0.39 is 188 Å². The number of nitrogens with zero attached hydrogens (tertiary/aromatic N) is 3. The SMILES string of the molecule is [2H]c1ccc(-c2cccc(-n3c4c([2H])c([2H])c([2H])c([2H])c4c4c([2H])c(-n5c6c([2H])c([2H])c([2H])c([2H])c6c6c([2H])c(-n7c8c([2H])c([2H])c([2H])c([2H])c8c8c([2H])c([2H])c([2H])c([2H])c87)c([2H])c([2H])c65)c([2H])c([2H])c43)c2)cc1. The molecule has 0 saturated heterocycles. The number of hydrogen-bond donors (Lipinski definition) is 0. The summed E-state index contributed by atoms with van der Waals surface area (Å²) in [5.74, 6) is 0. The lowest BCUT2D eigenvalue weighted by atomic mass is 10.1. The molecule has 0 radical (unpaired) electrons. The minimum Gasteiger partial charge on any atom is -0.309 e. The molecule has 0 N–H and O–H groups in total. The quantitative estimate of drug-likeness (QED) is 0.177. The fraction of sp³-hybridized carbons (Fsp3) is 0. The van der Waals surface area contributed by atoms with Gasteiger partial charge in [0, 0.05) is 49.4 Å². The van der Waals surface area contributed by atoms with Gasteiger partial charge in [-0.1, -0.05) is 115 Å². The normalized spacial score (nSPS) is 18.2. The third-order valence-corrected chi connectivity index (χ3v) is 8.92. The molecule has 0 amide bonds. The highest BCUT2D eigenvalue weighted by Crippen LogP contribution is 2.39. The van der Waals surface area contributed by atoms with E-state index in [9.17, 15) is 13.7 Å². The number of fused-ring (bicyclic) bond motifs is 9. The Labute approximate surface area is 326 Å². The Kier molecular flexibility index (Phi) is 2.93. The maximum absolute atomic E-state index is 10.0. The van der Waals surface area contributed by atoms with Gasteiger partial charge in [-0.2, -0.15) is 0 Å². The van der Waals surface area contributed by atoms with Crippen LogP contribution in [0.4, 0.5) is 0 Å². The lowest BCUT2D eigenvalue weighted by Crippen LogP contribution is -1.97. The van der Waals surface area contributed by atoms with Crippen molar-refractivity contribution in [2.45, 2.75) is 0 Å². The number of para-hydroxylation sites is 4. The summed E-state index contributed by atoms with van der Waals surface area (Å²) in [4.78, 5) is 0. The fourth-order valence-corrected chi connectivity index (χ4v) is 6.76. The van der Waals surface area contributed by atoms with E-state index in [1.54, 1.807) is 48.5 Å². The second-order valence-corrected chi connectivity index (χ2v) is 11.6. The molecule has 0 unspecified atom stereocenters. The van der Waals surface area contributed by atoms with Crippen LogP contribution in [0.5, 0.6) is 0 Å². The summed E-state index contributed by atoms with van der Waals surface area (Å²) < 4.78 is 212. The van der Waals surface area contributed by atoms with E-state index in [1.165, 1.54) is 4.57 Å². The van der Waals surface area contributed by atoms with Crippen molar-refractivity contribution in [3.8, 4) is 28.2 Å². The highest BCUT2D eigenvalue weighted by Gasteiger charge is 2.18. The van der Waals surface area contributed by atoms with Crippen molar-refractivity contribution in [3.63, 3.8) is 0 Å². The first-order valence-electron chi connectivity index (χ1n) is 27.2. The van der Waals surface area contributed by atoms with Gasteiger partial charge in [-0.3, -0.25) is 0 Å². The van der Waals surface area contributed by atoms with Crippen LogP contribution >= 0.6 is 0 Å². The van der Waals surface area contributed by atoms with Crippen molar-refractivity contribution in [3.05, 3.63) is 188 Å². The Hall–Kier alpha value is -6.84. The largest absolute Gasteiger partial charge is 0.309 e. The molecule has 0 aliphatic heterocycles. The molecule has 11 rings (SSSR count). The lowest BCUT2D eigenvalue weighted by Gasteiger charge is -2.12. The smallest absolute Gasteiger partial charge is 0.0652 e. The van der Waals surface area contributed by atoms with Gasteiger partial charge in [0.15, 0.2) is 0 Å². The van der Waals surface area contributed by atoms with Crippen molar-refractivity contribution < 1.29 is 31.5 Å². The molecule has 238 valence electrons. The van der Waals surface area contributed by atoms with Crippen LogP contribution in [-0.4, -0.2) is 13.7 Å². The minimum absolute atomic E-state index is 0.192. The Morgan fingerprint density at radius 2 is 0.706 bits per heavy atom. The zero-order valence-corrected chi connectivity index (χ0v) is 26.0. The zero-order chi connectivity index (χ0) is 53.5. The second-order valence-electron chi connectivity index (χ2n) is 11.6. The van der Waals surface area contributed by atoms with Gasteiger partial charge in [-0.25, -0.2) is 0 Å². The summed E-state index contributed by atoms with van der Waals surface area (Å²) in [5, 5.41) is -2.42. The third-order valence-electron chi connectivity index (χ3n) is 8.92. The van der Waals surface area contributed by atoms with Gasteiger partial charge in [0.2, 0.25) is 0 Å². The second kappa shape index (κ2) is 10.8. The van der Waals surface area contributed by atoms with Crippen LogP contribution in [0.25, 0.3) is 93.6 Å². The number of aromatic nitrogens is 3. The Bertz CT molecular complexity index is 4380. The molecule has 3 heterocycles. The lowest BCUT2D eigenvalue weighted by molar-refractivity contribution is 1.16. The van der Waals surface area contributed by atoms with E-state index in [1.807, 2.05) is 0 Å². The molecule has 3 aromatic heterocycles. The van der Waals surface area contributed by atoms with Gasteiger partial charge < -0.3 is 13.7 Å². The van der Waals surface area contributed by atoms with Gasteiger partial charge in [0.1, 0.15) is 0 Å². The van der Waals surface area contributed by atoms with Crippen molar-refractivity contribution in [2.75, 3.05) is 0 Å². The fourth-order valence-electron chi connectivity index (χ4n) is 6.76. The van der Waals surface area contributed by atoms with Crippen molar-refractivity contribution in [1.82, 2.24) is 13.7 Å². The number of benzene rings is 8. The van der Waals surface area contributed by atoms with Crippen LogP contribution in [0.3, 0.4) is 0 Å². The molecule has 0 fully saturated rings. The molecule has 11 aromatic rings. The minimum atomic E-state index is -0.936. The van der Waals surface area contributed by atoms with Gasteiger partial charge in [0.05, 0.1) is 64.6 Å². The first kappa shape index (κ1) is 13.8. The van der Waals surface area contributed by atoms with Crippen molar-refractivity contribution in [2.24, 2.45) is 0 Å². The molecule has 0 saturated carbocycles. The molecular formula is C48H31N3. The molecule has 0 bridgehead atoms. The van der Waals surface area contributed by atoms with Crippen LogP contribution in [0.15, 0.2) is 188 Å². The molecule has 8 aromatic carbocycles. The maximum atomic E-state index is 10.0. The summed E-state index contributed by atoms with van der Waals surface area (Å²) in [7, 11) is 0. The summed E-state index contributed by atoms with van der Waals surface area (Å²) in [6.45, 7) is 0. The van der Waals surface area contributed by atoms with Crippen molar-refractivity contribution >= 4 is 65.4 Å². The first-order valence-corrected chi connectivity index (χ1v) is 15.7. The van der Waals surface area contributed by atoms with Gasteiger partial charge in [0.25, 0.3) is 0 Å². The number of hydrogen-bond acceptors (Lipinski definition) is 0. The van der Waals surface area contributed by atoms with E-state index in [0.29, 0.717) is 11.1 Å². The predicted octanol–water partition coefficient (Wildman–Crippen LogP) is 12.6. The maximum Gasteiger partial charge on any atom is 0.0652 e. The van der Waals surface area contributed by atoms with Crippen LogP contribution in [-0.2, 0) is 0 Å². The summed E-state index contributed by atoms with van der Waals surface area (Å²) in [6, 6.07) is -3.55. The molecule has 0 atom stereocenters. The van der Waals surface area contributed by atoms with Gasteiger partial charge in [-0.15, -0.1) is 0 Å². The molecule has 3 heteroatoms. The monoisotopic (exact) mass is 672 g/mol. The zero-order valence-electron chi connectivity index (χ0n) is 49.0. The average Bonchev–Trinajstić information content (AvgIpc) is 4.10. The number of rotatable bonds is 4. The molecule has 51 heavy (non-hydrogen) atoms. The van der Waals surface area contributed by atoms with E-state index in [4.69, 9.17) is 17.8 Å². The Balaban J connectivity index is 1.35. The first-order chi connectivity index (χ1) is 34.9. The van der Waals surface area contributed by atoms with Crippen LogP contribution < -0.4 is 0 Å². The third kappa shape index (κ3) is 4.12. The van der Waals surface area contributed by atoms with E-state index >= 15 is 0 Å². The predicted molar refractivity (Wildman–Crippen MR) is 215 cm³/mol. The molecule has 3 nitrogen and oxygen atoms in total. The topological polar surface area (TPSA) is 14.8 Å². The Morgan fingerprint density at radius 1 is 0.314 bits per heavy atom. The van der Waals surface area contributed by atoms with E-state index in [0.717, 1.165) is 9.13 Å². The van der Waals surface area contributed by atoms with Crippen LogP contribution in [0, 0.1) is 0 Å². The molecular weight excluding hydrogens is 619 g/mol. The summed E-state index contributed by atoms with van der Waals surface area (Å²) >= 11 is 0. The van der Waals surface area contributed by atoms with Gasteiger partial charge >= 0.3 is 0 Å². The van der Waals surface area contributed by atoms with Gasteiger partial charge in [-0.05, 0) is 83.7 Å². The molecule has 0 spiro atoms. The summed E-state index contributed by atoms with van der Waals surface area (Å²) in [6.07, 6.45) is 0. The van der Waals surface area contributed by atoms with Crippen LogP contribution in [0.1, 0.15) is 31.5 Å². The average molecular weight is 673 g/mol. The van der Waals surface area contributed by atoms with E-state index in [2.05, 4.69) is 0 Å². The standard InChI is InChI=1S/C48H31N3/c1-2-13-32(14-3-1)33-15-12-16-34(29-33)49-45-23-10-6-19-39(45)41-31-36(26-27-47(41)49)51-46-24-11-7-20-40(46)42-30-35(25-28-48(42)51)50-43-21-8-4-17-37(43)38-18-5-9-22-44(38)50/h1-31H/i1D,4D,5D,6D,7D,8D,9D,10D,11D,17D,18D,19D,20D,21D,22D,23D,24D,25D,26D,27D,28D,30D,31D. The van der Waals surface area contributed by atoms with E-state index in [-0.39, 0.29) is 33.5 Å². The summed E-state index contributed by atoms with van der Waals surface area (Å²) in [5.41, 5.74) is -2.40. The highest BCUT2D eigenvalue weighted by atomic mass is 15.0.